The SMILES string of the molecule is Cc1cn2nc(NCc3ccccc3CN3CCCC3)sc2n1. The minimum Gasteiger partial charge on any atom is -0.356 e. The van der Waals surface area contributed by atoms with Crippen LogP contribution in [0, 0.1) is 6.92 Å². The van der Waals surface area contributed by atoms with Crippen LogP contribution in [-0.4, -0.2) is 32.6 Å². The molecule has 0 spiro atoms. The number of nitrogens with one attached hydrogen (secondary N) is 1. The fraction of sp³-hybridized carbons (Fsp3) is 0.412. The Hall–Kier alpha value is -1.92. The van der Waals surface area contributed by atoms with Crippen LogP contribution in [0.2, 0.25) is 0 Å². The summed E-state index contributed by atoms with van der Waals surface area (Å²) in [4.78, 5) is 7.93. The lowest BCUT2D eigenvalue weighted by Crippen LogP contribution is -2.19. The van der Waals surface area contributed by atoms with E-state index in [9.17, 15) is 0 Å². The lowest BCUT2D eigenvalue weighted by molar-refractivity contribution is 0.330. The van der Waals surface area contributed by atoms with Crippen LogP contribution in [-0.2, 0) is 13.1 Å². The molecule has 1 saturated heterocycles. The second-order valence-electron chi connectivity index (χ2n) is 6.12. The predicted molar refractivity (Wildman–Crippen MR) is 93.9 cm³/mol. The Balaban J connectivity index is 1.46. The summed E-state index contributed by atoms with van der Waals surface area (Å²) in [6.07, 6.45) is 4.62. The van der Waals surface area contributed by atoms with E-state index in [4.69, 9.17) is 0 Å². The number of aryl methyl sites for hydroxylation is 1. The van der Waals surface area contributed by atoms with Gasteiger partial charge >= 0.3 is 0 Å². The van der Waals surface area contributed by atoms with E-state index in [1.807, 2.05) is 17.6 Å². The lowest BCUT2D eigenvalue weighted by atomic mass is 10.1. The molecule has 0 saturated carbocycles. The highest BCUT2D eigenvalue weighted by Crippen LogP contribution is 2.21. The van der Waals surface area contributed by atoms with E-state index in [1.165, 1.54) is 37.1 Å². The molecule has 0 radical (unpaired) electrons. The molecule has 3 aromatic rings. The number of hydrogen-bond acceptors (Lipinski definition) is 5. The van der Waals surface area contributed by atoms with Crippen LogP contribution in [0.3, 0.4) is 0 Å². The van der Waals surface area contributed by atoms with E-state index in [0.717, 1.165) is 28.9 Å². The smallest absolute Gasteiger partial charge is 0.214 e. The summed E-state index contributed by atoms with van der Waals surface area (Å²) in [5.74, 6) is 0. The molecule has 3 heterocycles. The fourth-order valence-electron chi connectivity index (χ4n) is 3.12. The number of hydrogen-bond donors (Lipinski definition) is 1. The van der Waals surface area contributed by atoms with E-state index in [-0.39, 0.29) is 0 Å². The van der Waals surface area contributed by atoms with Gasteiger partial charge in [-0.1, -0.05) is 35.6 Å². The number of rotatable bonds is 5. The van der Waals surface area contributed by atoms with E-state index in [0.29, 0.717) is 0 Å². The van der Waals surface area contributed by atoms with Crippen molar-refractivity contribution < 1.29 is 0 Å². The first-order valence-electron chi connectivity index (χ1n) is 8.14. The van der Waals surface area contributed by atoms with Crippen molar-refractivity contribution in [1.82, 2.24) is 19.5 Å². The zero-order chi connectivity index (χ0) is 15.6. The van der Waals surface area contributed by atoms with Gasteiger partial charge in [0.25, 0.3) is 0 Å². The molecule has 0 amide bonds. The second-order valence-corrected chi connectivity index (χ2v) is 7.08. The number of fused-ring (bicyclic) bond motifs is 1. The van der Waals surface area contributed by atoms with Gasteiger partial charge < -0.3 is 5.32 Å². The Morgan fingerprint density at radius 1 is 1.17 bits per heavy atom. The van der Waals surface area contributed by atoms with Gasteiger partial charge in [-0.2, -0.15) is 0 Å². The normalized spacial score (nSPS) is 15.5. The van der Waals surface area contributed by atoms with Crippen LogP contribution in [0.25, 0.3) is 4.96 Å². The van der Waals surface area contributed by atoms with Crippen LogP contribution < -0.4 is 5.32 Å². The largest absolute Gasteiger partial charge is 0.356 e. The van der Waals surface area contributed by atoms with Gasteiger partial charge in [-0.05, 0) is 44.0 Å². The molecule has 1 aliphatic heterocycles. The minimum atomic E-state index is 0.805. The molecule has 1 aromatic carbocycles. The Labute approximate surface area is 140 Å². The molecule has 0 unspecified atom stereocenters. The van der Waals surface area contributed by atoms with Gasteiger partial charge in [0.15, 0.2) is 0 Å². The predicted octanol–water partition coefficient (Wildman–Crippen LogP) is 3.31. The first-order valence-corrected chi connectivity index (χ1v) is 8.95. The molecule has 0 aliphatic carbocycles. The number of aromatic nitrogens is 3. The van der Waals surface area contributed by atoms with E-state index in [2.05, 4.69) is 44.6 Å². The first kappa shape index (κ1) is 14.7. The number of anilines is 1. The monoisotopic (exact) mass is 327 g/mol. The van der Waals surface area contributed by atoms with Gasteiger partial charge in [0, 0.05) is 13.1 Å². The van der Waals surface area contributed by atoms with E-state index < -0.39 is 0 Å². The number of likely N-dealkylation sites (tertiary alicyclic amines) is 1. The van der Waals surface area contributed by atoms with Crippen molar-refractivity contribution in [3.05, 3.63) is 47.3 Å². The van der Waals surface area contributed by atoms with Gasteiger partial charge in [0.05, 0.1) is 11.9 Å². The summed E-state index contributed by atoms with van der Waals surface area (Å²) in [5.41, 5.74) is 3.77. The van der Waals surface area contributed by atoms with Crippen LogP contribution in [0.5, 0.6) is 0 Å². The molecular weight excluding hydrogens is 306 g/mol. The Morgan fingerprint density at radius 2 is 1.96 bits per heavy atom. The summed E-state index contributed by atoms with van der Waals surface area (Å²) >= 11 is 1.60. The summed E-state index contributed by atoms with van der Waals surface area (Å²) in [6.45, 7) is 6.30. The Bertz CT molecular complexity index is 769. The van der Waals surface area contributed by atoms with Crippen LogP contribution in [0.1, 0.15) is 29.7 Å². The quantitative estimate of drug-likeness (QED) is 0.781. The molecule has 120 valence electrons. The molecule has 1 aliphatic rings. The van der Waals surface area contributed by atoms with Crippen LogP contribution in [0.4, 0.5) is 5.13 Å². The zero-order valence-electron chi connectivity index (χ0n) is 13.3. The molecule has 4 rings (SSSR count). The highest BCUT2D eigenvalue weighted by molar-refractivity contribution is 7.20. The molecule has 2 aromatic heterocycles. The topological polar surface area (TPSA) is 45.5 Å². The van der Waals surface area contributed by atoms with Crippen molar-refractivity contribution in [3.63, 3.8) is 0 Å². The standard InChI is InChI=1S/C17H21N5S/c1-13-11-22-17(19-13)23-16(20-22)18-10-14-6-2-3-7-15(14)12-21-8-4-5-9-21/h2-3,6-7,11H,4-5,8-10,12H2,1H3,(H,18,20). The third-order valence-corrected chi connectivity index (χ3v) is 5.18. The third kappa shape index (κ3) is 3.23. The van der Waals surface area contributed by atoms with Crippen LogP contribution in [0.15, 0.2) is 30.5 Å². The van der Waals surface area contributed by atoms with Gasteiger partial charge in [-0.15, -0.1) is 5.10 Å². The first-order chi connectivity index (χ1) is 11.3. The molecule has 0 atom stereocenters. The summed E-state index contributed by atoms with van der Waals surface area (Å²) in [7, 11) is 0. The highest BCUT2D eigenvalue weighted by Gasteiger charge is 2.14. The van der Waals surface area contributed by atoms with Gasteiger partial charge in [0.2, 0.25) is 10.1 Å². The molecule has 6 heteroatoms. The molecule has 23 heavy (non-hydrogen) atoms. The van der Waals surface area contributed by atoms with E-state index in [1.54, 1.807) is 11.3 Å². The molecule has 5 nitrogen and oxygen atoms in total. The van der Waals surface area contributed by atoms with Crippen molar-refractivity contribution in [2.45, 2.75) is 32.9 Å². The molecule has 1 fully saturated rings. The third-order valence-electron chi connectivity index (χ3n) is 4.30. The Kier molecular flexibility index (Phi) is 4.01. The maximum atomic E-state index is 4.53. The maximum absolute atomic E-state index is 4.53. The van der Waals surface area contributed by atoms with Crippen molar-refractivity contribution in [3.8, 4) is 0 Å². The fourth-order valence-corrected chi connectivity index (χ4v) is 3.94. The van der Waals surface area contributed by atoms with Crippen molar-refractivity contribution >= 4 is 21.4 Å². The van der Waals surface area contributed by atoms with Crippen molar-refractivity contribution in [1.29, 1.82) is 0 Å². The van der Waals surface area contributed by atoms with Gasteiger partial charge in [-0.25, -0.2) is 9.50 Å². The average molecular weight is 327 g/mol. The highest BCUT2D eigenvalue weighted by atomic mass is 32.1. The maximum Gasteiger partial charge on any atom is 0.214 e. The number of nitrogens with zero attached hydrogens (tertiary/aromatic N) is 4. The lowest BCUT2D eigenvalue weighted by Gasteiger charge is -2.17. The molecular formula is C17H21N5S. The number of benzene rings is 1. The average Bonchev–Trinajstić information content (AvgIpc) is 3.23. The molecule has 1 N–H and O–H groups in total. The second kappa shape index (κ2) is 6.29. The summed E-state index contributed by atoms with van der Waals surface area (Å²) in [5, 5.41) is 8.90. The minimum absolute atomic E-state index is 0.805. The summed E-state index contributed by atoms with van der Waals surface area (Å²) in [6, 6.07) is 8.70. The van der Waals surface area contributed by atoms with E-state index >= 15 is 0 Å². The van der Waals surface area contributed by atoms with Crippen LogP contribution >= 0.6 is 11.3 Å². The van der Waals surface area contributed by atoms with Gasteiger partial charge in [0.1, 0.15) is 0 Å². The van der Waals surface area contributed by atoms with Crippen molar-refractivity contribution in [2.24, 2.45) is 0 Å². The number of imidazole rings is 1. The van der Waals surface area contributed by atoms with Crippen molar-refractivity contribution in [2.75, 3.05) is 18.4 Å². The zero-order valence-corrected chi connectivity index (χ0v) is 14.1. The van der Waals surface area contributed by atoms with Gasteiger partial charge in [-0.3, -0.25) is 4.90 Å². The molecule has 0 bridgehead atoms. The summed E-state index contributed by atoms with van der Waals surface area (Å²) < 4.78 is 1.85. The Morgan fingerprint density at radius 3 is 2.74 bits per heavy atom.